The van der Waals surface area contributed by atoms with Crippen molar-refractivity contribution in [2.45, 2.75) is 44.4 Å². The van der Waals surface area contributed by atoms with Crippen molar-refractivity contribution in [2.75, 3.05) is 51.2 Å². The number of piperidine rings is 1. The molecule has 6 nitrogen and oxygen atoms in total. The fourth-order valence-electron chi connectivity index (χ4n) is 4.21. The number of aromatic nitrogens is 1. The summed E-state index contributed by atoms with van der Waals surface area (Å²) >= 11 is 0. The molecule has 2 saturated heterocycles. The number of nitrogens with zero attached hydrogens (tertiary/aromatic N) is 4. The number of sulfonamides is 1. The number of pyridine rings is 1. The Hall–Kier alpha value is -1.18. The maximum atomic E-state index is 12.8. The fraction of sp³-hybridized carbons (Fsp3) is 0.737. The summed E-state index contributed by atoms with van der Waals surface area (Å²) in [5.41, 5.74) is 0.333. The first-order chi connectivity index (χ1) is 12.3. The molecule has 0 aromatic carbocycles. The summed E-state index contributed by atoms with van der Waals surface area (Å²) in [6, 6.07) is 3.60. The summed E-state index contributed by atoms with van der Waals surface area (Å²) in [6.07, 6.45) is 6.38. The van der Waals surface area contributed by atoms with Crippen LogP contribution < -0.4 is 4.90 Å². The Morgan fingerprint density at radius 2 is 1.88 bits per heavy atom. The van der Waals surface area contributed by atoms with E-state index >= 15 is 0 Å². The first kappa shape index (κ1) is 19.6. The minimum atomic E-state index is -3.44. The molecule has 26 heavy (non-hydrogen) atoms. The third-order valence-corrected chi connectivity index (χ3v) is 7.66. The first-order valence-electron chi connectivity index (χ1n) is 9.74. The summed E-state index contributed by atoms with van der Waals surface area (Å²) in [5.74, 6) is 0.893. The monoisotopic (exact) mass is 380 g/mol. The van der Waals surface area contributed by atoms with Gasteiger partial charge in [0, 0.05) is 45.5 Å². The Morgan fingerprint density at radius 3 is 2.50 bits per heavy atom. The molecule has 0 N–H and O–H groups in total. The highest BCUT2D eigenvalue weighted by molar-refractivity contribution is 7.89. The van der Waals surface area contributed by atoms with Gasteiger partial charge in [-0.15, -0.1) is 0 Å². The summed E-state index contributed by atoms with van der Waals surface area (Å²) in [5, 5.41) is 0. The van der Waals surface area contributed by atoms with Crippen LogP contribution >= 0.6 is 0 Å². The van der Waals surface area contributed by atoms with Crippen LogP contribution in [0.2, 0.25) is 0 Å². The van der Waals surface area contributed by atoms with Crippen LogP contribution in [0.25, 0.3) is 0 Å². The van der Waals surface area contributed by atoms with E-state index in [1.807, 2.05) is 13.1 Å². The molecule has 0 bridgehead atoms. The zero-order chi connectivity index (χ0) is 18.8. The SMILES string of the molecule is CCCC1(C)CCCN(c2ccc(S(=O)(=O)N3CCN(C)CC3)cn2)C1. The molecule has 1 unspecified atom stereocenters. The molecule has 3 heterocycles. The normalized spacial score (nSPS) is 26.2. The largest absolute Gasteiger partial charge is 0.356 e. The van der Waals surface area contributed by atoms with Crippen LogP contribution in [0.5, 0.6) is 0 Å². The van der Waals surface area contributed by atoms with E-state index in [2.05, 4.69) is 28.6 Å². The maximum Gasteiger partial charge on any atom is 0.244 e. The molecule has 2 aliphatic heterocycles. The van der Waals surface area contributed by atoms with E-state index in [0.717, 1.165) is 32.0 Å². The van der Waals surface area contributed by atoms with Gasteiger partial charge in [-0.1, -0.05) is 20.3 Å². The van der Waals surface area contributed by atoms with Crippen molar-refractivity contribution >= 4 is 15.8 Å². The quantitative estimate of drug-likeness (QED) is 0.785. The molecule has 0 radical (unpaired) electrons. The summed E-state index contributed by atoms with van der Waals surface area (Å²) < 4.78 is 27.2. The van der Waals surface area contributed by atoms with Crippen molar-refractivity contribution in [1.82, 2.24) is 14.2 Å². The molecule has 7 heteroatoms. The van der Waals surface area contributed by atoms with Crippen LogP contribution in [-0.4, -0.2) is 68.9 Å². The molecule has 1 aromatic rings. The summed E-state index contributed by atoms with van der Waals surface area (Å²) in [6.45, 7) is 9.22. The van der Waals surface area contributed by atoms with E-state index in [9.17, 15) is 8.42 Å². The van der Waals surface area contributed by atoms with E-state index in [-0.39, 0.29) is 0 Å². The lowest BCUT2D eigenvalue weighted by Gasteiger charge is -2.41. The molecule has 2 fully saturated rings. The molecule has 146 valence electrons. The van der Waals surface area contributed by atoms with Crippen LogP contribution in [0, 0.1) is 5.41 Å². The van der Waals surface area contributed by atoms with Gasteiger partial charge in [-0.25, -0.2) is 13.4 Å². The number of likely N-dealkylation sites (N-methyl/N-ethyl adjacent to an activating group) is 1. The van der Waals surface area contributed by atoms with Crippen molar-refractivity contribution in [2.24, 2.45) is 5.41 Å². The second-order valence-corrected chi connectivity index (χ2v) is 10.1. The van der Waals surface area contributed by atoms with E-state index in [1.54, 1.807) is 10.4 Å². The first-order valence-corrected chi connectivity index (χ1v) is 11.2. The van der Waals surface area contributed by atoms with Gasteiger partial charge in [0.15, 0.2) is 0 Å². The molecule has 2 aliphatic rings. The lowest BCUT2D eigenvalue weighted by Crippen LogP contribution is -2.47. The Labute approximate surface area is 158 Å². The lowest BCUT2D eigenvalue weighted by atomic mass is 9.78. The average molecular weight is 381 g/mol. The minimum Gasteiger partial charge on any atom is -0.356 e. The standard InChI is InChI=1S/C19H32N4O2S/c1-4-8-19(2)9-5-10-22(16-19)18-7-6-17(15-20-18)26(24,25)23-13-11-21(3)12-14-23/h6-7,15H,4-5,8-14,16H2,1-3H3. The highest BCUT2D eigenvalue weighted by Gasteiger charge is 2.31. The van der Waals surface area contributed by atoms with E-state index < -0.39 is 10.0 Å². The van der Waals surface area contributed by atoms with Crippen molar-refractivity contribution in [3.05, 3.63) is 18.3 Å². The topological polar surface area (TPSA) is 56.8 Å². The second kappa shape index (κ2) is 7.82. The lowest BCUT2D eigenvalue weighted by molar-refractivity contribution is 0.222. The fourth-order valence-corrected chi connectivity index (χ4v) is 5.58. The third-order valence-electron chi connectivity index (χ3n) is 5.78. The van der Waals surface area contributed by atoms with Crippen LogP contribution in [0.4, 0.5) is 5.82 Å². The second-order valence-electron chi connectivity index (χ2n) is 8.15. The molecule has 0 aliphatic carbocycles. The third kappa shape index (κ3) is 4.21. The Morgan fingerprint density at radius 1 is 1.15 bits per heavy atom. The van der Waals surface area contributed by atoms with Gasteiger partial charge in [-0.2, -0.15) is 4.31 Å². The van der Waals surface area contributed by atoms with Gasteiger partial charge in [0.2, 0.25) is 10.0 Å². The van der Waals surface area contributed by atoms with Gasteiger partial charge in [0.05, 0.1) is 0 Å². The maximum absolute atomic E-state index is 12.8. The predicted octanol–water partition coefficient (Wildman–Crippen LogP) is 2.42. The van der Waals surface area contributed by atoms with Crippen molar-refractivity contribution in [1.29, 1.82) is 0 Å². The number of hydrogen-bond acceptors (Lipinski definition) is 5. The van der Waals surface area contributed by atoms with Crippen LogP contribution in [-0.2, 0) is 10.0 Å². The van der Waals surface area contributed by atoms with E-state index in [0.29, 0.717) is 23.4 Å². The van der Waals surface area contributed by atoms with Gasteiger partial charge in [-0.3, -0.25) is 0 Å². The minimum absolute atomic E-state index is 0.305. The van der Waals surface area contributed by atoms with Crippen LogP contribution in [0.15, 0.2) is 23.2 Å². The Bertz CT molecular complexity index is 695. The van der Waals surface area contributed by atoms with Crippen LogP contribution in [0.1, 0.15) is 39.5 Å². The van der Waals surface area contributed by atoms with E-state index in [1.165, 1.54) is 31.9 Å². The molecular weight excluding hydrogens is 348 g/mol. The van der Waals surface area contributed by atoms with Gasteiger partial charge in [0.1, 0.15) is 10.7 Å². The predicted molar refractivity (Wildman–Crippen MR) is 105 cm³/mol. The zero-order valence-electron chi connectivity index (χ0n) is 16.3. The van der Waals surface area contributed by atoms with Gasteiger partial charge in [0.25, 0.3) is 0 Å². The number of piperazine rings is 1. The highest BCUT2D eigenvalue weighted by atomic mass is 32.2. The van der Waals surface area contributed by atoms with Crippen LogP contribution in [0.3, 0.4) is 0 Å². The molecular formula is C19H32N4O2S. The molecule has 1 atom stereocenters. The summed E-state index contributed by atoms with van der Waals surface area (Å²) in [7, 11) is -1.42. The molecule has 1 aromatic heterocycles. The number of rotatable bonds is 5. The number of anilines is 1. The average Bonchev–Trinajstić information content (AvgIpc) is 2.62. The molecule has 0 amide bonds. The molecule has 0 saturated carbocycles. The van der Waals surface area contributed by atoms with Gasteiger partial charge >= 0.3 is 0 Å². The van der Waals surface area contributed by atoms with Gasteiger partial charge < -0.3 is 9.80 Å². The molecule has 3 rings (SSSR count). The Kier molecular flexibility index (Phi) is 5.89. The smallest absolute Gasteiger partial charge is 0.244 e. The zero-order valence-corrected chi connectivity index (χ0v) is 17.1. The van der Waals surface area contributed by atoms with E-state index in [4.69, 9.17) is 0 Å². The highest BCUT2D eigenvalue weighted by Crippen LogP contribution is 2.35. The molecule has 0 spiro atoms. The van der Waals surface area contributed by atoms with Crippen molar-refractivity contribution in [3.8, 4) is 0 Å². The van der Waals surface area contributed by atoms with Crippen molar-refractivity contribution in [3.63, 3.8) is 0 Å². The van der Waals surface area contributed by atoms with Gasteiger partial charge in [-0.05, 0) is 43.9 Å². The Balaban J connectivity index is 1.72. The summed E-state index contributed by atoms with van der Waals surface area (Å²) in [4.78, 5) is 9.28. The number of hydrogen-bond donors (Lipinski definition) is 0. The van der Waals surface area contributed by atoms with Crippen molar-refractivity contribution < 1.29 is 8.42 Å².